The zero-order valence-electron chi connectivity index (χ0n) is 19.1. The van der Waals surface area contributed by atoms with E-state index in [9.17, 15) is 18.0 Å². The van der Waals surface area contributed by atoms with Crippen molar-refractivity contribution in [1.29, 1.82) is 0 Å². The van der Waals surface area contributed by atoms with Crippen LogP contribution in [0, 0.1) is 0 Å². The van der Waals surface area contributed by atoms with Gasteiger partial charge in [0.1, 0.15) is 0 Å². The molecule has 2 heterocycles. The lowest BCUT2D eigenvalue weighted by Crippen LogP contribution is -2.18. The summed E-state index contributed by atoms with van der Waals surface area (Å²) in [7, 11) is 1.71. The molecule has 35 heavy (non-hydrogen) atoms. The number of nitrogens with one attached hydrogen (secondary N) is 1. The lowest BCUT2D eigenvalue weighted by atomic mass is 9.93. The second-order valence-corrected chi connectivity index (χ2v) is 8.94. The van der Waals surface area contributed by atoms with Gasteiger partial charge in [-0.2, -0.15) is 5.10 Å². The van der Waals surface area contributed by atoms with Crippen LogP contribution < -0.4 is 10.1 Å². The van der Waals surface area contributed by atoms with Crippen molar-refractivity contribution in [1.82, 2.24) is 19.7 Å². The number of ether oxygens (including phenoxy) is 2. The van der Waals surface area contributed by atoms with Crippen molar-refractivity contribution in [2.75, 3.05) is 11.9 Å². The number of hydrogen-bond acceptors (Lipinski definition) is 7. The first kappa shape index (κ1) is 25.0. The topological polar surface area (TPSA) is 91.2 Å². The smallest absolute Gasteiger partial charge is 0.461 e. The number of esters is 1. The number of carbonyl (C=O) groups excluding carboxylic acids is 1. The maximum absolute atomic E-state index is 12.9. The molecule has 0 spiro atoms. The molecule has 0 saturated heterocycles. The molecule has 0 saturated carbocycles. The van der Waals surface area contributed by atoms with E-state index in [4.69, 9.17) is 4.74 Å². The Labute approximate surface area is 208 Å². The minimum absolute atomic E-state index is 0.0443. The van der Waals surface area contributed by atoms with Crippen LogP contribution in [0.15, 0.2) is 28.9 Å². The summed E-state index contributed by atoms with van der Waals surface area (Å²) in [5.74, 6) is -0.823. The van der Waals surface area contributed by atoms with Crippen molar-refractivity contribution in [3.63, 3.8) is 0 Å². The quantitative estimate of drug-likeness (QED) is 0.281. The zero-order valence-corrected chi connectivity index (χ0v) is 20.7. The summed E-state index contributed by atoms with van der Waals surface area (Å²) in [6.45, 7) is 2.40. The van der Waals surface area contributed by atoms with Crippen LogP contribution in [0.2, 0.25) is 0 Å². The van der Waals surface area contributed by atoms with E-state index in [1.165, 1.54) is 12.1 Å². The van der Waals surface area contributed by atoms with Crippen LogP contribution in [0.1, 0.15) is 47.8 Å². The number of alkyl halides is 3. The van der Waals surface area contributed by atoms with Gasteiger partial charge < -0.3 is 14.8 Å². The van der Waals surface area contributed by atoms with Gasteiger partial charge in [-0.15, -0.1) is 13.2 Å². The van der Waals surface area contributed by atoms with Crippen LogP contribution in [-0.2, 0) is 24.6 Å². The van der Waals surface area contributed by atoms with E-state index in [0.29, 0.717) is 35.3 Å². The molecule has 0 unspecified atom stereocenters. The molecule has 1 aliphatic rings. The first-order valence-corrected chi connectivity index (χ1v) is 11.9. The highest BCUT2D eigenvalue weighted by molar-refractivity contribution is 9.10. The number of benzene rings is 1. The number of halogens is 4. The fourth-order valence-corrected chi connectivity index (χ4v) is 4.23. The Morgan fingerprint density at radius 3 is 2.80 bits per heavy atom. The van der Waals surface area contributed by atoms with Gasteiger partial charge in [0.15, 0.2) is 11.4 Å². The number of carbonyl (C=O) groups is 1. The number of rotatable bonds is 8. The molecular weight excluding hydrogens is 531 g/mol. The maximum atomic E-state index is 12.9. The van der Waals surface area contributed by atoms with Crippen molar-refractivity contribution in [3.05, 3.63) is 45.7 Å². The van der Waals surface area contributed by atoms with E-state index in [0.717, 1.165) is 30.4 Å². The number of hydrogen-bond donors (Lipinski definition) is 1. The molecule has 1 aromatic carbocycles. The van der Waals surface area contributed by atoms with E-state index in [1.807, 2.05) is 0 Å². The fourth-order valence-electron chi connectivity index (χ4n) is 3.89. The Morgan fingerprint density at radius 1 is 1.26 bits per heavy atom. The minimum Gasteiger partial charge on any atom is -0.461 e. The summed E-state index contributed by atoms with van der Waals surface area (Å²) in [5, 5.41) is 7.18. The molecule has 1 aliphatic carbocycles. The predicted octanol–water partition coefficient (Wildman–Crippen LogP) is 5.73. The third kappa shape index (κ3) is 5.75. The summed E-state index contributed by atoms with van der Waals surface area (Å²) >= 11 is 3.15. The van der Waals surface area contributed by atoms with E-state index in [1.54, 1.807) is 24.0 Å². The van der Waals surface area contributed by atoms with E-state index >= 15 is 0 Å². The van der Waals surface area contributed by atoms with Crippen LogP contribution in [0.5, 0.6) is 5.75 Å². The van der Waals surface area contributed by atoms with Gasteiger partial charge in [-0.25, -0.2) is 14.8 Å². The Morgan fingerprint density at radius 2 is 2.06 bits per heavy atom. The molecule has 1 N–H and O–H groups in total. The molecule has 4 rings (SSSR count). The molecule has 0 fully saturated rings. The number of anilines is 2. The first-order valence-electron chi connectivity index (χ1n) is 11.1. The average molecular weight is 554 g/mol. The van der Waals surface area contributed by atoms with Crippen LogP contribution in [0.3, 0.4) is 0 Å². The second kappa shape index (κ2) is 10.2. The number of unbranched alkanes of at least 4 members (excludes halogenated alkanes) is 2. The monoisotopic (exact) mass is 553 g/mol. The molecule has 186 valence electrons. The molecular formula is C23H23BrF3N5O3. The summed E-state index contributed by atoms with van der Waals surface area (Å²) in [6, 6.07) is 4.20. The molecule has 0 amide bonds. The molecule has 0 atom stereocenters. The molecule has 2 aromatic heterocycles. The lowest BCUT2D eigenvalue weighted by molar-refractivity contribution is -0.274. The van der Waals surface area contributed by atoms with Gasteiger partial charge in [0, 0.05) is 23.3 Å². The zero-order chi connectivity index (χ0) is 25.2. The summed E-state index contributed by atoms with van der Waals surface area (Å²) in [6.07, 6.45) is 0.701. The van der Waals surface area contributed by atoms with Gasteiger partial charge in [0.05, 0.1) is 23.7 Å². The number of aromatic nitrogens is 4. The number of aryl methyl sites for hydroxylation is 2. The minimum atomic E-state index is -4.86. The Balaban J connectivity index is 1.63. The summed E-state index contributed by atoms with van der Waals surface area (Å²) in [4.78, 5) is 21.4. The second-order valence-electron chi connectivity index (χ2n) is 8.02. The molecule has 12 heteroatoms. The average Bonchev–Trinajstić information content (AvgIpc) is 3.14. The van der Waals surface area contributed by atoms with Gasteiger partial charge in [-0.1, -0.05) is 35.7 Å². The lowest BCUT2D eigenvalue weighted by Gasteiger charge is -2.18. The third-order valence-corrected chi connectivity index (χ3v) is 5.96. The van der Waals surface area contributed by atoms with E-state index in [2.05, 4.69) is 48.0 Å². The Kier molecular flexibility index (Phi) is 7.29. The van der Waals surface area contributed by atoms with Crippen molar-refractivity contribution >= 4 is 33.5 Å². The van der Waals surface area contributed by atoms with Gasteiger partial charge in [0.25, 0.3) is 0 Å². The highest BCUT2D eigenvalue weighted by Crippen LogP contribution is 2.37. The number of nitrogens with zero attached hydrogens (tertiary/aromatic N) is 4. The largest absolute Gasteiger partial charge is 0.573 e. The first-order chi connectivity index (χ1) is 16.7. The van der Waals surface area contributed by atoms with Crippen molar-refractivity contribution < 1.29 is 27.4 Å². The van der Waals surface area contributed by atoms with Crippen LogP contribution in [-0.4, -0.2) is 38.7 Å². The summed E-state index contributed by atoms with van der Waals surface area (Å²) < 4.78 is 50.1. The molecule has 3 aromatic rings. The van der Waals surface area contributed by atoms with E-state index < -0.39 is 18.1 Å². The molecule has 0 bridgehead atoms. The SMILES string of the molecule is CCCCCOC(=O)c1nn(C)c2c1CCc1cnc(Nc3ccc(Br)cc3OC(F)(F)F)nc1-2. The molecule has 0 aliphatic heterocycles. The Bertz CT molecular complexity index is 1250. The number of fused-ring (bicyclic) bond motifs is 3. The fraction of sp³-hybridized carbons (Fsp3) is 0.391. The standard InChI is InChI=1S/C23H23BrF3N5O3/c1-3-4-5-10-34-21(33)19-15-8-6-13-12-28-22(30-18(13)20(15)32(2)31-19)29-16-9-7-14(24)11-17(16)35-23(25,26)27/h7,9,11-12H,3-6,8,10H2,1-2H3,(H,28,29,30). The maximum Gasteiger partial charge on any atom is 0.573 e. The van der Waals surface area contributed by atoms with Gasteiger partial charge >= 0.3 is 12.3 Å². The predicted molar refractivity (Wildman–Crippen MR) is 126 cm³/mol. The van der Waals surface area contributed by atoms with E-state index in [-0.39, 0.29) is 17.3 Å². The molecule has 8 nitrogen and oxygen atoms in total. The molecule has 0 radical (unpaired) electrons. The van der Waals surface area contributed by atoms with Crippen molar-refractivity contribution in [3.8, 4) is 17.1 Å². The van der Waals surface area contributed by atoms with Crippen LogP contribution in [0.4, 0.5) is 24.8 Å². The highest BCUT2D eigenvalue weighted by Gasteiger charge is 2.33. The van der Waals surface area contributed by atoms with Gasteiger partial charge in [-0.3, -0.25) is 4.68 Å². The van der Waals surface area contributed by atoms with Crippen LogP contribution in [0.25, 0.3) is 11.4 Å². The normalized spacial score (nSPS) is 12.6. The van der Waals surface area contributed by atoms with Gasteiger partial charge in [0.2, 0.25) is 5.95 Å². The Hall–Kier alpha value is -3.15. The van der Waals surface area contributed by atoms with Crippen molar-refractivity contribution in [2.24, 2.45) is 7.05 Å². The summed E-state index contributed by atoms with van der Waals surface area (Å²) in [5.41, 5.74) is 3.08. The van der Waals surface area contributed by atoms with Crippen molar-refractivity contribution in [2.45, 2.75) is 45.4 Å². The van der Waals surface area contributed by atoms with Crippen LogP contribution >= 0.6 is 15.9 Å². The third-order valence-electron chi connectivity index (χ3n) is 5.47. The highest BCUT2D eigenvalue weighted by atomic mass is 79.9. The van der Waals surface area contributed by atoms with Gasteiger partial charge in [-0.05, 0) is 43.0 Å².